The van der Waals surface area contributed by atoms with E-state index in [1.807, 2.05) is 0 Å². The summed E-state index contributed by atoms with van der Waals surface area (Å²) in [5.41, 5.74) is 0.196. The molecule has 0 N–H and O–H groups in total. The Morgan fingerprint density at radius 1 is 1.15 bits per heavy atom. The number of fused-ring (bicyclic) bond motifs is 1. The van der Waals surface area contributed by atoms with Crippen molar-refractivity contribution in [3.05, 3.63) is 70.1 Å². The van der Waals surface area contributed by atoms with Crippen LogP contribution < -0.4 is 10.4 Å². The van der Waals surface area contributed by atoms with E-state index in [9.17, 15) is 18.4 Å². The number of ether oxygens (including phenoxy) is 2. The molecule has 140 valence electrons. The van der Waals surface area contributed by atoms with E-state index in [0.29, 0.717) is 22.3 Å². The molecule has 3 rings (SSSR count). The van der Waals surface area contributed by atoms with Crippen LogP contribution in [-0.4, -0.2) is 18.8 Å². The van der Waals surface area contributed by atoms with Crippen LogP contribution in [0, 0.1) is 11.6 Å². The van der Waals surface area contributed by atoms with Crippen LogP contribution in [0.1, 0.15) is 5.56 Å². The maximum atomic E-state index is 13.6. The molecular formula is C19H14F2O5S. The van der Waals surface area contributed by atoms with Gasteiger partial charge in [0, 0.05) is 28.0 Å². The molecule has 8 heteroatoms. The molecule has 0 aliphatic rings. The Bertz CT molecular complexity index is 1050. The summed E-state index contributed by atoms with van der Waals surface area (Å²) in [6.45, 7) is -0.153. The molecule has 0 saturated carbocycles. The Labute approximate surface area is 156 Å². The van der Waals surface area contributed by atoms with E-state index in [-0.39, 0.29) is 17.3 Å². The average molecular weight is 392 g/mol. The minimum Gasteiger partial charge on any atom is -0.497 e. The normalized spacial score (nSPS) is 10.8. The Morgan fingerprint density at radius 3 is 2.74 bits per heavy atom. The maximum absolute atomic E-state index is 13.6. The second-order valence-electron chi connectivity index (χ2n) is 5.48. The van der Waals surface area contributed by atoms with E-state index in [1.165, 1.54) is 13.2 Å². The van der Waals surface area contributed by atoms with Crippen molar-refractivity contribution >= 4 is 28.7 Å². The average Bonchev–Trinajstić information content (AvgIpc) is 2.66. The molecule has 0 amide bonds. The Hall–Kier alpha value is -2.87. The second-order valence-corrected chi connectivity index (χ2v) is 6.49. The highest BCUT2D eigenvalue weighted by Gasteiger charge is 2.12. The second kappa shape index (κ2) is 8.22. The number of hydrogen-bond donors (Lipinski definition) is 0. The molecule has 0 unspecified atom stereocenters. The van der Waals surface area contributed by atoms with E-state index in [2.05, 4.69) is 0 Å². The highest BCUT2D eigenvalue weighted by Crippen LogP contribution is 2.24. The first-order valence-corrected chi connectivity index (χ1v) is 8.79. The summed E-state index contributed by atoms with van der Waals surface area (Å²) in [6, 6.07) is 9.18. The van der Waals surface area contributed by atoms with Gasteiger partial charge in [0.15, 0.2) is 0 Å². The number of carbonyl (C=O) groups is 1. The van der Waals surface area contributed by atoms with Crippen molar-refractivity contribution in [3.8, 4) is 5.75 Å². The monoisotopic (exact) mass is 392 g/mol. The fourth-order valence-corrected chi connectivity index (χ4v) is 3.14. The highest BCUT2D eigenvalue weighted by molar-refractivity contribution is 8.00. The predicted octanol–water partition coefficient (Wildman–Crippen LogP) is 3.92. The SMILES string of the molecule is COc1ccc2c(COC(=O)CSc3cc(F)ccc3F)cc(=O)oc2c1. The van der Waals surface area contributed by atoms with Gasteiger partial charge in [0.05, 0.1) is 12.9 Å². The van der Waals surface area contributed by atoms with Crippen LogP contribution in [0.4, 0.5) is 8.78 Å². The van der Waals surface area contributed by atoms with Gasteiger partial charge >= 0.3 is 11.6 Å². The largest absolute Gasteiger partial charge is 0.497 e. The molecule has 0 atom stereocenters. The lowest BCUT2D eigenvalue weighted by atomic mass is 10.1. The predicted molar refractivity (Wildman–Crippen MR) is 95.9 cm³/mol. The lowest BCUT2D eigenvalue weighted by Crippen LogP contribution is -2.09. The highest BCUT2D eigenvalue weighted by atomic mass is 32.2. The molecule has 0 aliphatic carbocycles. The smallest absolute Gasteiger partial charge is 0.336 e. The van der Waals surface area contributed by atoms with Crippen LogP contribution in [0.3, 0.4) is 0 Å². The number of rotatable bonds is 6. The van der Waals surface area contributed by atoms with E-state index >= 15 is 0 Å². The molecule has 3 aromatic rings. The Balaban J connectivity index is 1.68. The van der Waals surface area contributed by atoms with Crippen LogP contribution in [-0.2, 0) is 16.1 Å². The van der Waals surface area contributed by atoms with Crippen LogP contribution in [0.5, 0.6) is 5.75 Å². The van der Waals surface area contributed by atoms with Gasteiger partial charge in [-0.2, -0.15) is 0 Å². The van der Waals surface area contributed by atoms with Gasteiger partial charge in [0.2, 0.25) is 0 Å². The molecule has 27 heavy (non-hydrogen) atoms. The molecule has 0 fully saturated rings. The number of esters is 1. The molecule has 5 nitrogen and oxygen atoms in total. The molecule has 0 radical (unpaired) electrons. The number of benzene rings is 2. The van der Waals surface area contributed by atoms with Gasteiger partial charge in [0.1, 0.15) is 29.6 Å². The van der Waals surface area contributed by atoms with Crippen molar-refractivity contribution in [2.75, 3.05) is 12.9 Å². The van der Waals surface area contributed by atoms with Crippen molar-refractivity contribution in [2.45, 2.75) is 11.5 Å². The van der Waals surface area contributed by atoms with Gasteiger partial charge in [0.25, 0.3) is 0 Å². The summed E-state index contributed by atoms with van der Waals surface area (Å²) in [5, 5.41) is 0.604. The van der Waals surface area contributed by atoms with Gasteiger partial charge in [-0.05, 0) is 30.3 Å². The summed E-state index contributed by atoms with van der Waals surface area (Å²) in [7, 11) is 1.49. The van der Waals surface area contributed by atoms with Crippen LogP contribution in [0.25, 0.3) is 11.0 Å². The van der Waals surface area contributed by atoms with Crippen LogP contribution >= 0.6 is 11.8 Å². The fourth-order valence-electron chi connectivity index (χ4n) is 2.38. The number of carbonyl (C=O) groups excluding carboxylic acids is 1. The topological polar surface area (TPSA) is 65.7 Å². The zero-order valence-corrected chi connectivity index (χ0v) is 15.0. The zero-order chi connectivity index (χ0) is 19.4. The molecule has 2 aromatic carbocycles. The molecule has 1 aromatic heterocycles. The summed E-state index contributed by atoms with van der Waals surface area (Å²) >= 11 is 0.830. The zero-order valence-electron chi connectivity index (χ0n) is 14.2. The number of methoxy groups -OCH3 is 1. The summed E-state index contributed by atoms with van der Waals surface area (Å²) < 4.78 is 42.1. The maximum Gasteiger partial charge on any atom is 0.336 e. The van der Waals surface area contributed by atoms with Gasteiger partial charge in [-0.25, -0.2) is 13.6 Å². The molecule has 0 aliphatic heterocycles. The van der Waals surface area contributed by atoms with Crippen molar-refractivity contribution in [2.24, 2.45) is 0 Å². The quantitative estimate of drug-likeness (QED) is 0.360. The minimum atomic E-state index is -0.626. The standard InChI is InChI=1S/C19H14F2O5S/c1-24-13-3-4-14-11(6-18(22)26-16(14)8-13)9-25-19(23)10-27-17-7-12(20)2-5-15(17)21/h2-8H,9-10H2,1H3. The number of thioether (sulfide) groups is 1. The Kier molecular flexibility index (Phi) is 5.75. The van der Waals surface area contributed by atoms with Gasteiger partial charge in [-0.3, -0.25) is 4.79 Å². The fraction of sp³-hybridized carbons (Fsp3) is 0.158. The first kappa shape index (κ1) is 18.9. The van der Waals surface area contributed by atoms with Gasteiger partial charge in [-0.15, -0.1) is 11.8 Å². The van der Waals surface area contributed by atoms with E-state index in [0.717, 1.165) is 30.0 Å². The lowest BCUT2D eigenvalue weighted by Gasteiger charge is -2.08. The first-order chi connectivity index (χ1) is 13.0. The van der Waals surface area contributed by atoms with Gasteiger partial charge in [-0.1, -0.05) is 0 Å². The Morgan fingerprint density at radius 2 is 1.96 bits per heavy atom. The molecular weight excluding hydrogens is 378 g/mol. The third-order valence-electron chi connectivity index (χ3n) is 3.66. The van der Waals surface area contributed by atoms with Gasteiger partial charge < -0.3 is 13.9 Å². The summed E-state index contributed by atoms with van der Waals surface area (Å²) in [4.78, 5) is 23.6. The van der Waals surface area contributed by atoms with E-state index in [1.54, 1.807) is 18.2 Å². The lowest BCUT2D eigenvalue weighted by molar-refractivity contribution is -0.141. The minimum absolute atomic E-state index is 0.0184. The molecule has 0 spiro atoms. The first-order valence-electron chi connectivity index (χ1n) is 7.80. The summed E-state index contributed by atoms with van der Waals surface area (Å²) in [6.07, 6.45) is 0. The number of halogens is 2. The van der Waals surface area contributed by atoms with E-state index < -0.39 is 23.2 Å². The van der Waals surface area contributed by atoms with Crippen molar-refractivity contribution < 1.29 is 27.5 Å². The number of hydrogen-bond acceptors (Lipinski definition) is 6. The molecule has 0 bridgehead atoms. The van der Waals surface area contributed by atoms with Crippen molar-refractivity contribution in [3.63, 3.8) is 0 Å². The molecule has 1 heterocycles. The summed E-state index contributed by atoms with van der Waals surface area (Å²) in [5.74, 6) is -1.51. The van der Waals surface area contributed by atoms with E-state index in [4.69, 9.17) is 13.9 Å². The van der Waals surface area contributed by atoms with Crippen molar-refractivity contribution in [1.29, 1.82) is 0 Å². The molecule has 0 saturated heterocycles. The van der Waals surface area contributed by atoms with Crippen LogP contribution in [0.2, 0.25) is 0 Å². The van der Waals surface area contributed by atoms with Crippen molar-refractivity contribution in [1.82, 2.24) is 0 Å². The third kappa shape index (κ3) is 4.65. The third-order valence-corrected chi connectivity index (χ3v) is 4.67. The van der Waals surface area contributed by atoms with Crippen LogP contribution in [0.15, 0.2) is 56.6 Å².